The molecule has 0 aliphatic rings. The van der Waals surface area contributed by atoms with E-state index in [2.05, 4.69) is 21.6 Å². The van der Waals surface area contributed by atoms with E-state index in [1.165, 1.54) is 16.4 Å². The maximum atomic E-state index is 12.0. The van der Waals surface area contributed by atoms with Crippen molar-refractivity contribution < 1.29 is 9.53 Å². The van der Waals surface area contributed by atoms with E-state index in [-0.39, 0.29) is 19.2 Å². The molecule has 0 atom stereocenters. The average Bonchev–Trinajstić information content (AvgIpc) is 3.15. The summed E-state index contributed by atoms with van der Waals surface area (Å²) in [7, 11) is 0. The van der Waals surface area contributed by atoms with Crippen LogP contribution in [0.15, 0.2) is 43.0 Å². The van der Waals surface area contributed by atoms with Crippen LogP contribution in [0.4, 0.5) is 5.69 Å². The van der Waals surface area contributed by atoms with E-state index in [1.807, 2.05) is 26.0 Å². The van der Waals surface area contributed by atoms with Crippen molar-refractivity contribution in [3.8, 4) is 5.75 Å². The summed E-state index contributed by atoms with van der Waals surface area (Å²) in [4.78, 5) is 12.0. The molecule has 1 amide bonds. The molecular formula is C17H18ClN5O2. The highest BCUT2D eigenvalue weighted by Gasteiger charge is 2.07. The van der Waals surface area contributed by atoms with Crippen LogP contribution >= 0.6 is 11.6 Å². The minimum absolute atomic E-state index is 0.0803. The number of rotatable bonds is 6. The minimum Gasteiger partial charge on any atom is -0.471 e. The Kier molecular flexibility index (Phi) is 5.04. The van der Waals surface area contributed by atoms with Gasteiger partial charge in [-0.3, -0.25) is 9.48 Å². The summed E-state index contributed by atoms with van der Waals surface area (Å²) < 4.78 is 8.83. The molecule has 0 unspecified atom stereocenters. The molecule has 25 heavy (non-hydrogen) atoms. The van der Waals surface area contributed by atoms with Crippen LogP contribution in [0.3, 0.4) is 0 Å². The number of hydrogen-bond donors (Lipinski definition) is 1. The molecule has 7 nitrogen and oxygen atoms in total. The minimum atomic E-state index is -0.213. The van der Waals surface area contributed by atoms with E-state index in [0.717, 1.165) is 11.3 Å². The van der Waals surface area contributed by atoms with Crippen molar-refractivity contribution in [1.29, 1.82) is 0 Å². The summed E-state index contributed by atoms with van der Waals surface area (Å²) in [6.45, 7) is 4.38. The summed E-state index contributed by atoms with van der Waals surface area (Å²) in [6, 6.07) is 6.00. The lowest BCUT2D eigenvalue weighted by atomic mass is 10.1. The molecule has 0 spiro atoms. The van der Waals surface area contributed by atoms with Gasteiger partial charge in [-0.05, 0) is 25.5 Å². The Morgan fingerprint density at radius 1 is 1.20 bits per heavy atom. The predicted octanol–water partition coefficient (Wildman–Crippen LogP) is 3.03. The Hall–Kier alpha value is -2.80. The molecule has 0 fully saturated rings. The Labute approximate surface area is 150 Å². The van der Waals surface area contributed by atoms with Crippen LogP contribution in [0.2, 0.25) is 5.02 Å². The van der Waals surface area contributed by atoms with E-state index in [0.29, 0.717) is 10.7 Å². The van der Waals surface area contributed by atoms with Crippen LogP contribution in [-0.4, -0.2) is 25.5 Å². The maximum absolute atomic E-state index is 12.0. The number of nitrogens with zero attached hydrogens (tertiary/aromatic N) is 4. The Morgan fingerprint density at radius 3 is 2.72 bits per heavy atom. The monoisotopic (exact) mass is 359 g/mol. The highest BCUT2D eigenvalue weighted by Crippen LogP contribution is 2.19. The molecule has 1 aromatic carbocycles. The third-order valence-electron chi connectivity index (χ3n) is 3.51. The fourth-order valence-electron chi connectivity index (χ4n) is 2.37. The number of aryl methyl sites for hydroxylation is 2. The second kappa shape index (κ2) is 7.40. The summed E-state index contributed by atoms with van der Waals surface area (Å²) in [5, 5.41) is 11.4. The molecule has 3 aromatic rings. The topological polar surface area (TPSA) is 74.0 Å². The van der Waals surface area contributed by atoms with Crippen LogP contribution in [0.1, 0.15) is 11.1 Å². The number of aromatic nitrogens is 4. The summed E-state index contributed by atoms with van der Waals surface area (Å²) in [5.41, 5.74) is 2.85. The van der Waals surface area contributed by atoms with Crippen molar-refractivity contribution in [3.05, 3.63) is 59.1 Å². The summed E-state index contributed by atoms with van der Waals surface area (Å²) in [5.74, 6) is 0.594. The van der Waals surface area contributed by atoms with E-state index < -0.39 is 0 Å². The SMILES string of the molecule is Cc1ccc(OCn2cc(NC(=O)Cn3cc(Cl)cn3)cn2)c(C)c1. The number of carbonyl (C=O) groups excluding carboxylic acids is 1. The molecule has 0 aliphatic heterocycles. The largest absolute Gasteiger partial charge is 0.471 e. The molecule has 0 aliphatic carbocycles. The van der Waals surface area contributed by atoms with Crippen LogP contribution in [0, 0.1) is 13.8 Å². The fraction of sp³-hybridized carbons (Fsp3) is 0.235. The van der Waals surface area contributed by atoms with Gasteiger partial charge < -0.3 is 10.1 Å². The highest BCUT2D eigenvalue weighted by molar-refractivity contribution is 6.30. The summed E-state index contributed by atoms with van der Waals surface area (Å²) >= 11 is 5.77. The van der Waals surface area contributed by atoms with Gasteiger partial charge in [0.15, 0.2) is 6.73 Å². The lowest BCUT2D eigenvalue weighted by Crippen LogP contribution is -2.18. The van der Waals surface area contributed by atoms with Crippen LogP contribution in [-0.2, 0) is 18.1 Å². The Morgan fingerprint density at radius 2 is 2.00 bits per heavy atom. The number of hydrogen-bond acceptors (Lipinski definition) is 4. The molecule has 8 heteroatoms. The zero-order valence-electron chi connectivity index (χ0n) is 13.9. The first-order valence-electron chi connectivity index (χ1n) is 7.70. The van der Waals surface area contributed by atoms with Gasteiger partial charge in [0.25, 0.3) is 0 Å². The standard InChI is InChI=1S/C17H18ClN5O2/c1-12-3-4-16(13(2)5-12)25-11-23-9-15(7-20-23)21-17(24)10-22-8-14(18)6-19-22/h3-9H,10-11H2,1-2H3,(H,21,24). The van der Waals surface area contributed by atoms with Crippen molar-refractivity contribution >= 4 is 23.2 Å². The first kappa shape index (κ1) is 17.0. The molecule has 0 radical (unpaired) electrons. The van der Waals surface area contributed by atoms with Gasteiger partial charge >= 0.3 is 0 Å². The Bertz CT molecular complexity index is 887. The van der Waals surface area contributed by atoms with E-state index in [1.54, 1.807) is 23.3 Å². The molecule has 0 bridgehead atoms. The van der Waals surface area contributed by atoms with Crippen LogP contribution in [0.25, 0.3) is 0 Å². The second-order valence-corrected chi connectivity index (χ2v) is 6.15. The molecule has 1 N–H and O–H groups in total. The zero-order chi connectivity index (χ0) is 17.8. The van der Waals surface area contributed by atoms with E-state index >= 15 is 0 Å². The lowest BCUT2D eigenvalue weighted by Gasteiger charge is -2.09. The first-order valence-corrected chi connectivity index (χ1v) is 8.08. The zero-order valence-corrected chi connectivity index (χ0v) is 14.7. The van der Waals surface area contributed by atoms with E-state index in [9.17, 15) is 4.79 Å². The highest BCUT2D eigenvalue weighted by atomic mass is 35.5. The maximum Gasteiger partial charge on any atom is 0.246 e. The number of ether oxygens (including phenoxy) is 1. The number of benzene rings is 1. The number of halogens is 1. The van der Waals surface area contributed by atoms with Gasteiger partial charge in [0.2, 0.25) is 5.91 Å². The van der Waals surface area contributed by atoms with Gasteiger partial charge in [-0.15, -0.1) is 0 Å². The molecular weight excluding hydrogens is 342 g/mol. The normalized spacial score (nSPS) is 10.7. The second-order valence-electron chi connectivity index (χ2n) is 5.72. The number of amides is 1. The van der Waals surface area contributed by atoms with Gasteiger partial charge in [-0.1, -0.05) is 29.3 Å². The van der Waals surface area contributed by atoms with Crippen molar-refractivity contribution in [2.75, 3.05) is 5.32 Å². The molecule has 0 saturated heterocycles. The fourth-order valence-corrected chi connectivity index (χ4v) is 2.52. The number of carbonyl (C=O) groups is 1. The van der Waals surface area contributed by atoms with Crippen molar-refractivity contribution in [3.63, 3.8) is 0 Å². The molecule has 2 aromatic heterocycles. The third-order valence-corrected chi connectivity index (χ3v) is 3.70. The van der Waals surface area contributed by atoms with Crippen molar-refractivity contribution in [1.82, 2.24) is 19.6 Å². The lowest BCUT2D eigenvalue weighted by molar-refractivity contribution is -0.116. The molecule has 3 rings (SSSR count). The van der Waals surface area contributed by atoms with Gasteiger partial charge in [0, 0.05) is 6.20 Å². The van der Waals surface area contributed by atoms with Crippen molar-refractivity contribution in [2.45, 2.75) is 27.1 Å². The molecule has 0 saturated carbocycles. The van der Waals surface area contributed by atoms with Gasteiger partial charge in [0.1, 0.15) is 12.3 Å². The number of anilines is 1. The molecule has 130 valence electrons. The van der Waals surface area contributed by atoms with Gasteiger partial charge in [-0.25, -0.2) is 4.68 Å². The Balaban J connectivity index is 1.54. The van der Waals surface area contributed by atoms with Crippen LogP contribution in [0.5, 0.6) is 5.75 Å². The van der Waals surface area contributed by atoms with Crippen LogP contribution < -0.4 is 10.1 Å². The first-order chi connectivity index (χ1) is 12.0. The average molecular weight is 360 g/mol. The third kappa shape index (κ3) is 4.60. The van der Waals surface area contributed by atoms with Gasteiger partial charge in [-0.2, -0.15) is 10.2 Å². The number of nitrogens with one attached hydrogen (secondary N) is 1. The van der Waals surface area contributed by atoms with Gasteiger partial charge in [0.05, 0.1) is 29.3 Å². The predicted molar refractivity (Wildman–Crippen MR) is 94.6 cm³/mol. The summed E-state index contributed by atoms with van der Waals surface area (Å²) in [6.07, 6.45) is 6.34. The quantitative estimate of drug-likeness (QED) is 0.734. The van der Waals surface area contributed by atoms with E-state index in [4.69, 9.17) is 16.3 Å². The molecule has 2 heterocycles. The smallest absolute Gasteiger partial charge is 0.246 e. The van der Waals surface area contributed by atoms with Crippen molar-refractivity contribution in [2.24, 2.45) is 0 Å².